The van der Waals surface area contributed by atoms with E-state index in [2.05, 4.69) is 36.3 Å². The third-order valence-corrected chi connectivity index (χ3v) is 7.65. The largest absolute Gasteiger partial charge is 0.506 e. The molecule has 2 atom stereocenters. The van der Waals surface area contributed by atoms with Gasteiger partial charge in [0.15, 0.2) is 17.4 Å². The number of nitrogens with one attached hydrogen (secondary N) is 1. The number of anilines is 1. The van der Waals surface area contributed by atoms with Crippen molar-refractivity contribution >= 4 is 21.5 Å². The number of nitriles is 1. The summed E-state index contributed by atoms with van der Waals surface area (Å²) >= 11 is 0. The van der Waals surface area contributed by atoms with E-state index >= 15 is 0 Å². The molecule has 0 amide bonds. The first-order chi connectivity index (χ1) is 19.1. The van der Waals surface area contributed by atoms with Crippen LogP contribution in [0.4, 0.5) is 5.95 Å². The molecule has 1 aliphatic carbocycles. The fourth-order valence-electron chi connectivity index (χ4n) is 3.88. The number of phenolic OH excluding ortho intramolecular Hbond substituents is 1. The van der Waals surface area contributed by atoms with Gasteiger partial charge in [0.2, 0.25) is 16.0 Å². The summed E-state index contributed by atoms with van der Waals surface area (Å²) in [5.74, 6) is 0.0406. The fraction of sp³-hybridized carbons (Fsp3) is 0.269. The number of para-hydroxylation sites is 1. The van der Waals surface area contributed by atoms with Crippen LogP contribution < -0.4 is 9.46 Å². The number of methoxy groups -OCH3 is 3. The van der Waals surface area contributed by atoms with Gasteiger partial charge < -0.3 is 19.3 Å². The smallest absolute Gasteiger partial charge is 0.243 e. The number of sulfonamides is 1. The number of benzene rings is 1. The minimum Gasteiger partial charge on any atom is -0.506 e. The van der Waals surface area contributed by atoms with Gasteiger partial charge in [-0.15, -0.1) is 10.2 Å². The Labute approximate surface area is 230 Å². The Hall–Kier alpha value is -4.92. The molecular formula is C26H25N7O6S. The first-order valence-corrected chi connectivity index (χ1v) is 13.3. The molecule has 14 heteroatoms. The topological polar surface area (TPSA) is 174 Å². The van der Waals surface area contributed by atoms with Crippen LogP contribution in [0.3, 0.4) is 0 Å². The minimum atomic E-state index is -4.23. The van der Waals surface area contributed by atoms with Crippen molar-refractivity contribution in [2.75, 3.05) is 26.1 Å². The van der Waals surface area contributed by atoms with Crippen LogP contribution in [0.1, 0.15) is 30.2 Å². The first-order valence-electron chi connectivity index (χ1n) is 11.7. The predicted molar refractivity (Wildman–Crippen MR) is 143 cm³/mol. The van der Waals surface area contributed by atoms with Gasteiger partial charge in [0.1, 0.15) is 40.2 Å². The van der Waals surface area contributed by atoms with E-state index in [4.69, 9.17) is 14.2 Å². The standard InChI is InChI=1S/C26H25N7O6S/c1-15-13-28-24(29-14-15)23(39-5)16(2)40(35,36)32-26-31-30-25(17-9-10-20(37-3)18(11-17)12-27)33(26)22-19(34)7-6-8-21(22)38-4/h6-8,11,13-14,16,23,34H,1-5H3,(H,31,32)/t16-,23-/m0/s1. The average Bonchev–Trinajstić information content (AvgIpc) is 3.35. The maximum atomic E-state index is 13.6. The maximum absolute atomic E-state index is 13.6. The Balaban J connectivity index is 1.87. The van der Waals surface area contributed by atoms with E-state index in [1.54, 1.807) is 24.5 Å². The molecule has 2 N–H and O–H groups in total. The van der Waals surface area contributed by atoms with Gasteiger partial charge >= 0.3 is 0 Å². The summed E-state index contributed by atoms with van der Waals surface area (Å²) in [5, 5.41) is 27.4. The van der Waals surface area contributed by atoms with E-state index < -0.39 is 21.4 Å². The Morgan fingerprint density at radius 2 is 1.85 bits per heavy atom. The zero-order valence-electron chi connectivity index (χ0n) is 22.2. The highest BCUT2D eigenvalue weighted by Gasteiger charge is 2.35. The highest BCUT2D eigenvalue weighted by molar-refractivity contribution is 7.93. The number of hydrogen-bond donors (Lipinski definition) is 2. The first kappa shape index (κ1) is 28.1. The van der Waals surface area contributed by atoms with Crippen molar-refractivity contribution in [3.8, 4) is 23.3 Å². The minimum absolute atomic E-state index is 0.0331. The van der Waals surface area contributed by atoms with Gasteiger partial charge in [-0.1, -0.05) is 11.8 Å². The van der Waals surface area contributed by atoms with Gasteiger partial charge in [-0.25, -0.2) is 18.4 Å². The summed E-state index contributed by atoms with van der Waals surface area (Å²) in [6, 6.07) is 6.52. The summed E-state index contributed by atoms with van der Waals surface area (Å²) in [7, 11) is -0.0957. The van der Waals surface area contributed by atoms with Crippen LogP contribution in [0.25, 0.3) is 11.3 Å². The number of hydrogen-bond acceptors (Lipinski definition) is 11. The maximum Gasteiger partial charge on any atom is 0.243 e. The van der Waals surface area contributed by atoms with Crippen LogP contribution in [0, 0.1) is 18.3 Å². The van der Waals surface area contributed by atoms with E-state index in [-0.39, 0.29) is 51.7 Å². The number of aryl methyl sites for hydroxylation is 1. The van der Waals surface area contributed by atoms with Crippen LogP contribution in [-0.2, 0) is 19.5 Å². The zero-order valence-corrected chi connectivity index (χ0v) is 23.0. The second kappa shape index (κ2) is 11.4. The van der Waals surface area contributed by atoms with E-state index in [0.29, 0.717) is 0 Å². The summed E-state index contributed by atoms with van der Waals surface area (Å²) in [4.78, 5) is 8.42. The van der Waals surface area contributed by atoms with Crippen molar-refractivity contribution in [2.45, 2.75) is 25.2 Å². The van der Waals surface area contributed by atoms with Crippen molar-refractivity contribution in [3.05, 3.63) is 76.7 Å². The Bertz CT molecular complexity index is 1730. The number of allylic oxidation sites excluding steroid dienone is 3. The van der Waals surface area contributed by atoms with Crippen LogP contribution >= 0.6 is 0 Å². The Morgan fingerprint density at radius 1 is 1.12 bits per heavy atom. The highest BCUT2D eigenvalue weighted by atomic mass is 32.2. The van der Waals surface area contributed by atoms with Crippen LogP contribution in [0.15, 0.2) is 59.5 Å². The molecule has 0 saturated heterocycles. The Morgan fingerprint density at radius 3 is 2.48 bits per heavy atom. The molecule has 13 nitrogen and oxygen atoms in total. The fourth-order valence-corrected chi connectivity index (χ4v) is 5.01. The molecule has 0 radical (unpaired) electrons. The van der Waals surface area contributed by atoms with E-state index in [0.717, 1.165) is 5.56 Å². The van der Waals surface area contributed by atoms with Crippen molar-refractivity contribution in [3.63, 3.8) is 0 Å². The van der Waals surface area contributed by atoms with Gasteiger partial charge in [0.05, 0.1) is 19.8 Å². The number of nitrogens with zero attached hydrogens (tertiary/aromatic N) is 6. The van der Waals surface area contributed by atoms with Crippen LogP contribution in [0.5, 0.6) is 11.5 Å². The van der Waals surface area contributed by atoms with E-state index in [9.17, 15) is 18.8 Å². The monoisotopic (exact) mass is 563 g/mol. The van der Waals surface area contributed by atoms with Gasteiger partial charge in [-0.3, -0.25) is 9.29 Å². The summed E-state index contributed by atoms with van der Waals surface area (Å²) in [5.41, 5.74) is 6.77. The molecule has 2 aromatic heterocycles. The molecule has 2 heterocycles. The molecule has 0 aliphatic heterocycles. The number of phenols is 1. The Kier molecular flexibility index (Phi) is 8.04. The third kappa shape index (κ3) is 5.31. The number of rotatable bonds is 10. The molecule has 0 spiro atoms. The van der Waals surface area contributed by atoms with E-state index in [1.165, 1.54) is 45.0 Å². The van der Waals surface area contributed by atoms with Crippen molar-refractivity contribution in [2.24, 2.45) is 0 Å². The average molecular weight is 564 g/mol. The second-order valence-corrected chi connectivity index (χ2v) is 10.5. The number of aromatic nitrogens is 5. The van der Waals surface area contributed by atoms with Crippen molar-refractivity contribution < 1.29 is 27.7 Å². The van der Waals surface area contributed by atoms with Gasteiger partial charge in [-0.05, 0) is 43.4 Å². The lowest BCUT2D eigenvalue weighted by Crippen LogP contribution is -2.33. The molecule has 0 bridgehead atoms. The molecular weight excluding hydrogens is 538 g/mol. The lowest BCUT2D eigenvalue weighted by atomic mass is 10.1. The third-order valence-electron chi connectivity index (χ3n) is 5.95. The summed E-state index contributed by atoms with van der Waals surface area (Å²) in [6.45, 7) is 3.25. The molecule has 40 heavy (non-hydrogen) atoms. The molecule has 206 valence electrons. The molecule has 3 aromatic rings. The molecule has 0 saturated carbocycles. The second-order valence-electron chi connectivity index (χ2n) is 8.50. The molecule has 0 unspecified atom stereocenters. The predicted octanol–water partition coefficient (Wildman–Crippen LogP) is 2.73. The number of ether oxygens (including phenoxy) is 3. The lowest BCUT2D eigenvalue weighted by Gasteiger charge is -2.22. The zero-order chi connectivity index (χ0) is 29.0. The molecule has 0 fully saturated rings. The van der Waals surface area contributed by atoms with E-state index in [1.807, 2.05) is 13.0 Å². The van der Waals surface area contributed by atoms with Gasteiger partial charge in [-0.2, -0.15) is 5.26 Å². The SMILES string of the molecule is COC1=C=C=C(c2nnc(NS(=O)(=O)[C@@H](C)[C@H](OC)c3ncc(C)cn3)n2-c2c(O)cccc2OC)C=C1C#N. The van der Waals surface area contributed by atoms with Crippen molar-refractivity contribution in [1.29, 1.82) is 5.26 Å². The summed E-state index contributed by atoms with van der Waals surface area (Å²) < 4.78 is 46.9. The van der Waals surface area contributed by atoms with Crippen LogP contribution in [0.2, 0.25) is 0 Å². The van der Waals surface area contributed by atoms with Crippen molar-refractivity contribution in [1.82, 2.24) is 24.7 Å². The molecule has 1 aliphatic rings. The molecule has 1 aromatic carbocycles. The van der Waals surface area contributed by atoms with Gasteiger partial charge in [0, 0.05) is 19.5 Å². The van der Waals surface area contributed by atoms with Gasteiger partial charge in [0.25, 0.3) is 0 Å². The molecule has 4 rings (SSSR count). The quantitative estimate of drug-likeness (QED) is 0.347. The normalized spacial score (nSPS) is 14.3. The lowest BCUT2D eigenvalue weighted by molar-refractivity contribution is 0.0949. The number of aromatic hydroxyl groups is 1. The van der Waals surface area contributed by atoms with Crippen LogP contribution in [-0.4, -0.2) is 64.8 Å². The summed E-state index contributed by atoms with van der Waals surface area (Å²) in [6.07, 6.45) is 3.54. The highest BCUT2D eigenvalue weighted by Crippen LogP contribution is 2.37.